The molecule has 0 unspecified atom stereocenters. The van der Waals surface area contributed by atoms with Gasteiger partial charge in [-0.25, -0.2) is 0 Å². The number of anilines is 1. The number of ether oxygens (including phenoxy) is 1. The van der Waals surface area contributed by atoms with Crippen LogP contribution in [0.1, 0.15) is 27.9 Å². The fourth-order valence-corrected chi connectivity index (χ4v) is 3.81. The number of carbonyl (C=O) groups is 3. The van der Waals surface area contributed by atoms with Crippen LogP contribution in [-0.2, 0) is 14.3 Å². The van der Waals surface area contributed by atoms with Crippen LogP contribution in [0.2, 0.25) is 0 Å². The minimum absolute atomic E-state index is 0.0973. The molecule has 0 N–H and O–H groups in total. The second-order valence-corrected chi connectivity index (χ2v) is 7.84. The summed E-state index contributed by atoms with van der Waals surface area (Å²) in [4.78, 5) is 39.8. The fourth-order valence-electron chi connectivity index (χ4n) is 3.35. The van der Waals surface area contributed by atoms with Gasteiger partial charge < -0.3 is 9.64 Å². The van der Waals surface area contributed by atoms with Crippen molar-refractivity contribution in [2.45, 2.75) is 25.2 Å². The van der Waals surface area contributed by atoms with Crippen molar-refractivity contribution in [3.63, 3.8) is 0 Å². The molecule has 1 heterocycles. The summed E-state index contributed by atoms with van der Waals surface area (Å²) in [5.74, 6) is -1.41. The number of benzene rings is 2. The largest absolute Gasteiger partial charge is 0.457 e. The molecule has 0 aliphatic carbocycles. The van der Waals surface area contributed by atoms with Gasteiger partial charge in [-0.1, -0.05) is 29.8 Å². The lowest BCUT2D eigenvalue weighted by Crippen LogP contribution is -2.27. The van der Waals surface area contributed by atoms with Gasteiger partial charge in [0.2, 0.25) is 11.7 Å². The van der Waals surface area contributed by atoms with Gasteiger partial charge in [-0.3, -0.25) is 14.4 Å². The van der Waals surface area contributed by atoms with Crippen LogP contribution in [0, 0.1) is 19.8 Å². The zero-order chi connectivity index (χ0) is 20.3. The van der Waals surface area contributed by atoms with Crippen molar-refractivity contribution in [2.75, 3.05) is 24.3 Å². The predicted molar refractivity (Wildman–Crippen MR) is 110 cm³/mol. The van der Waals surface area contributed by atoms with Crippen molar-refractivity contribution >= 4 is 35.1 Å². The molecule has 6 heteroatoms. The number of Topliss-reactive ketones (excluding diaryl/α,β-unsaturated/α-hetero) is 1. The first-order valence-electron chi connectivity index (χ1n) is 9.10. The van der Waals surface area contributed by atoms with Gasteiger partial charge in [-0.2, -0.15) is 0 Å². The van der Waals surface area contributed by atoms with E-state index in [0.717, 1.165) is 21.7 Å². The first-order valence-corrected chi connectivity index (χ1v) is 10.3. The summed E-state index contributed by atoms with van der Waals surface area (Å²) in [6, 6.07) is 13.2. The minimum Gasteiger partial charge on any atom is -0.457 e. The number of aryl methyl sites for hydroxylation is 2. The average Bonchev–Trinajstić information content (AvgIpc) is 3.07. The van der Waals surface area contributed by atoms with Crippen molar-refractivity contribution in [3.05, 3.63) is 59.2 Å². The Balaban J connectivity index is 1.60. The maximum atomic E-state index is 12.4. The molecule has 1 aliphatic rings. The van der Waals surface area contributed by atoms with E-state index in [1.54, 1.807) is 22.7 Å². The maximum absolute atomic E-state index is 12.4. The molecular formula is C22H23NO4S. The number of amides is 1. The lowest BCUT2D eigenvalue weighted by atomic mass is 10.0. The van der Waals surface area contributed by atoms with E-state index in [-0.39, 0.29) is 31.3 Å². The number of nitrogens with zero attached hydrogens (tertiary/aromatic N) is 1. The molecule has 1 saturated heterocycles. The Bertz CT molecular complexity index is 925. The lowest BCUT2D eigenvalue weighted by molar-refractivity contribution is -0.147. The van der Waals surface area contributed by atoms with E-state index in [1.807, 2.05) is 56.5 Å². The van der Waals surface area contributed by atoms with Crippen LogP contribution in [-0.4, -0.2) is 37.1 Å². The normalized spacial score (nSPS) is 16.3. The highest BCUT2D eigenvalue weighted by atomic mass is 32.2. The molecule has 1 amide bonds. The molecule has 0 spiro atoms. The van der Waals surface area contributed by atoms with Crippen molar-refractivity contribution in [2.24, 2.45) is 5.92 Å². The second-order valence-electron chi connectivity index (χ2n) is 6.96. The van der Waals surface area contributed by atoms with Gasteiger partial charge in [0.25, 0.3) is 0 Å². The fraction of sp³-hybridized carbons (Fsp3) is 0.318. The molecule has 1 atom stereocenters. The third kappa shape index (κ3) is 4.44. The van der Waals surface area contributed by atoms with Crippen LogP contribution in [0.15, 0.2) is 47.4 Å². The number of ketones is 1. The molecular weight excluding hydrogens is 374 g/mol. The van der Waals surface area contributed by atoms with Crippen LogP contribution in [0.4, 0.5) is 5.69 Å². The van der Waals surface area contributed by atoms with Crippen molar-refractivity contribution in [1.29, 1.82) is 0 Å². The minimum atomic E-state index is -0.558. The zero-order valence-corrected chi connectivity index (χ0v) is 17.0. The van der Waals surface area contributed by atoms with Crippen LogP contribution in [0.3, 0.4) is 0 Å². The molecule has 28 heavy (non-hydrogen) atoms. The smallest absolute Gasteiger partial charge is 0.311 e. The third-order valence-corrected chi connectivity index (χ3v) is 5.58. The van der Waals surface area contributed by atoms with Crippen molar-refractivity contribution in [3.8, 4) is 0 Å². The third-order valence-electron chi connectivity index (χ3n) is 4.85. The molecule has 0 aromatic heterocycles. The Labute approximate surface area is 169 Å². The van der Waals surface area contributed by atoms with E-state index in [4.69, 9.17) is 4.74 Å². The summed E-state index contributed by atoms with van der Waals surface area (Å²) >= 11 is 1.59. The molecule has 1 aliphatic heterocycles. The summed E-state index contributed by atoms with van der Waals surface area (Å²) in [6.07, 6.45) is 2.07. The SMILES string of the molecule is CSc1cccc(N2C[C@@H](C(=O)OCC(=O)c3ccc(C)cc3C)CC2=O)c1. The van der Waals surface area contributed by atoms with E-state index in [0.29, 0.717) is 5.56 Å². The molecule has 1 fully saturated rings. The van der Waals surface area contributed by atoms with Gasteiger partial charge in [0.1, 0.15) is 0 Å². The Morgan fingerprint density at radius 3 is 2.68 bits per heavy atom. The maximum Gasteiger partial charge on any atom is 0.311 e. The Morgan fingerprint density at radius 1 is 1.18 bits per heavy atom. The quantitative estimate of drug-likeness (QED) is 0.421. The summed E-state index contributed by atoms with van der Waals surface area (Å²) in [5, 5.41) is 0. The standard InChI is InChI=1S/C22H23NO4S/c1-14-7-8-19(15(2)9-14)20(24)13-27-22(26)16-10-21(25)23(12-16)17-5-4-6-18(11-17)28-3/h4-9,11,16H,10,12-13H2,1-3H3/t16-/m0/s1. The molecule has 0 saturated carbocycles. The number of esters is 1. The molecule has 0 radical (unpaired) electrons. The molecule has 0 bridgehead atoms. The van der Waals surface area contributed by atoms with E-state index in [2.05, 4.69) is 0 Å². The number of carbonyl (C=O) groups excluding carboxylic acids is 3. The molecule has 3 rings (SSSR count). The Hall–Kier alpha value is -2.60. The van der Waals surface area contributed by atoms with Crippen LogP contribution in [0.5, 0.6) is 0 Å². The van der Waals surface area contributed by atoms with Gasteiger partial charge in [0.15, 0.2) is 6.61 Å². The number of hydrogen-bond acceptors (Lipinski definition) is 5. The first-order chi connectivity index (χ1) is 13.4. The summed E-state index contributed by atoms with van der Waals surface area (Å²) in [6.45, 7) is 3.78. The number of hydrogen-bond donors (Lipinski definition) is 0. The first kappa shape index (κ1) is 20.1. The van der Waals surface area contributed by atoms with Gasteiger partial charge in [0, 0.05) is 29.1 Å². The second kappa shape index (κ2) is 8.61. The van der Waals surface area contributed by atoms with E-state index >= 15 is 0 Å². The molecule has 2 aromatic carbocycles. The van der Waals surface area contributed by atoms with Crippen molar-refractivity contribution in [1.82, 2.24) is 0 Å². The Morgan fingerprint density at radius 2 is 1.96 bits per heavy atom. The summed E-state index contributed by atoms with van der Waals surface area (Å²) in [5.41, 5.74) is 3.26. The highest BCUT2D eigenvalue weighted by Crippen LogP contribution is 2.28. The lowest BCUT2D eigenvalue weighted by Gasteiger charge is -2.17. The molecule has 146 valence electrons. The van der Waals surface area contributed by atoms with Gasteiger partial charge in [-0.15, -0.1) is 11.8 Å². The monoisotopic (exact) mass is 397 g/mol. The highest BCUT2D eigenvalue weighted by Gasteiger charge is 2.36. The van der Waals surface area contributed by atoms with Crippen LogP contribution in [0.25, 0.3) is 0 Å². The van der Waals surface area contributed by atoms with Gasteiger partial charge >= 0.3 is 5.97 Å². The predicted octanol–water partition coefficient (Wildman–Crippen LogP) is 3.80. The molecule has 5 nitrogen and oxygen atoms in total. The van der Waals surface area contributed by atoms with Gasteiger partial charge in [-0.05, 0) is 43.9 Å². The summed E-state index contributed by atoms with van der Waals surface area (Å²) < 4.78 is 5.23. The average molecular weight is 397 g/mol. The zero-order valence-electron chi connectivity index (χ0n) is 16.2. The molecule has 2 aromatic rings. The van der Waals surface area contributed by atoms with Gasteiger partial charge in [0.05, 0.1) is 5.92 Å². The summed E-state index contributed by atoms with van der Waals surface area (Å²) in [7, 11) is 0. The van der Waals surface area contributed by atoms with E-state index < -0.39 is 11.9 Å². The van der Waals surface area contributed by atoms with Crippen molar-refractivity contribution < 1.29 is 19.1 Å². The van der Waals surface area contributed by atoms with E-state index in [1.165, 1.54) is 0 Å². The number of thioether (sulfide) groups is 1. The topological polar surface area (TPSA) is 63.7 Å². The van der Waals surface area contributed by atoms with Crippen LogP contribution < -0.4 is 4.90 Å². The van der Waals surface area contributed by atoms with Crippen LogP contribution >= 0.6 is 11.8 Å². The highest BCUT2D eigenvalue weighted by molar-refractivity contribution is 7.98. The van der Waals surface area contributed by atoms with E-state index in [9.17, 15) is 14.4 Å². The Kier molecular flexibility index (Phi) is 6.19. The number of rotatable bonds is 6.